The Labute approximate surface area is 140 Å². The largest absolute Gasteiger partial charge is 0.490 e. The quantitative estimate of drug-likeness (QED) is 0.600. The average Bonchev–Trinajstić information content (AvgIpc) is 2.54. The highest BCUT2D eigenvalue weighted by Crippen LogP contribution is 2.29. The molecular formula is C14H14N4O5S. The Kier molecular flexibility index (Phi) is 5.53. The van der Waals surface area contributed by atoms with Crippen molar-refractivity contribution < 1.29 is 14.5 Å². The molecule has 0 saturated heterocycles. The average molecular weight is 350 g/mol. The molecule has 126 valence electrons. The molecule has 24 heavy (non-hydrogen) atoms. The maximum absolute atomic E-state index is 12.2. The zero-order valence-electron chi connectivity index (χ0n) is 12.9. The number of carbonyl (C=O) groups is 1. The molecule has 0 fully saturated rings. The molecular weight excluding hydrogens is 336 g/mol. The molecule has 0 radical (unpaired) electrons. The van der Waals surface area contributed by atoms with Gasteiger partial charge in [-0.3, -0.25) is 19.7 Å². The van der Waals surface area contributed by atoms with E-state index in [1.54, 1.807) is 0 Å². The van der Waals surface area contributed by atoms with E-state index >= 15 is 0 Å². The van der Waals surface area contributed by atoms with Crippen LogP contribution in [0.4, 0.5) is 11.4 Å². The molecule has 1 aromatic heterocycles. The number of carbonyl (C=O) groups excluding carboxylic acids is 1. The van der Waals surface area contributed by atoms with Gasteiger partial charge in [-0.05, 0) is 18.4 Å². The Morgan fingerprint density at radius 3 is 2.83 bits per heavy atom. The van der Waals surface area contributed by atoms with Crippen molar-refractivity contribution in [2.24, 2.45) is 0 Å². The number of nitro benzene ring substituents is 1. The number of aromatic nitrogens is 2. The van der Waals surface area contributed by atoms with Crippen LogP contribution in [-0.2, 0) is 5.75 Å². The van der Waals surface area contributed by atoms with E-state index in [2.05, 4.69) is 15.3 Å². The van der Waals surface area contributed by atoms with Crippen LogP contribution in [0.15, 0.2) is 29.1 Å². The van der Waals surface area contributed by atoms with Crippen LogP contribution in [-0.4, -0.2) is 34.2 Å². The van der Waals surface area contributed by atoms with E-state index in [1.807, 2.05) is 6.26 Å². The lowest BCUT2D eigenvalue weighted by Crippen LogP contribution is -2.20. The van der Waals surface area contributed by atoms with E-state index in [-0.39, 0.29) is 22.8 Å². The van der Waals surface area contributed by atoms with E-state index in [9.17, 15) is 19.7 Å². The van der Waals surface area contributed by atoms with Gasteiger partial charge in [0.15, 0.2) is 5.75 Å². The summed E-state index contributed by atoms with van der Waals surface area (Å²) in [5.41, 5.74) is -0.598. The van der Waals surface area contributed by atoms with Crippen LogP contribution in [0.2, 0.25) is 0 Å². The first-order valence-electron chi connectivity index (χ1n) is 6.67. The van der Waals surface area contributed by atoms with E-state index in [1.165, 1.54) is 37.1 Å². The Bertz CT molecular complexity index is 836. The summed E-state index contributed by atoms with van der Waals surface area (Å²) in [6, 6.07) is 5.07. The summed E-state index contributed by atoms with van der Waals surface area (Å²) in [6.45, 7) is 0. The zero-order valence-corrected chi connectivity index (χ0v) is 13.7. The molecule has 0 aliphatic carbocycles. The van der Waals surface area contributed by atoms with Crippen LogP contribution in [0.25, 0.3) is 0 Å². The molecule has 9 nitrogen and oxygen atoms in total. The molecule has 0 bridgehead atoms. The van der Waals surface area contributed by atoms with E-state index in [4.69, 9.17) is 4.74 Å². The lowest BCUT2D eigenvalue weighted by molar-refractivity contribution is -0.385. The monoisotopic (exact) mass is 350 g/mol. The summed E-state index contributed by atoms with van der Waals surface area (Å²) in [5.74, 6) is 0.267. The minimum Gasteiger partial charge on any atom is -0.490 e. The van der Waals surface area contributed by atoms with Crippen molar-refractivity contribution in [2.75, 3.05) is 18.7 Å². The van der Waals surface area contributed by atoms with E-state index < -0.39 is 16.4 Å². The summed E-state index contributed by atoms with van der Waals surface area (Å²) in [6.07, 6.45) is 1.84. The number of hydrogen-bond donors (Lipinski definition) is 2. The van der Waals surface area contributed by atoms with Crippen molar-refractivity contribution >= 4 is 29.0 Å². The van der Waals surface area contributed by atoms with Crippen LogP contribution in [0, 0.1) is 10.1 Å². The third-order valence-corrected chi connectivity index (χ3v) is 3.50. The molecule has 0 unspecified atom stereocenters. The Balaban J connectivity index is 2.28. The van der Waals surface area contributed by atoms with Crippen LogP contribution in [0.1, 0.15) is 16.3 Å². The topological polar surface area (TPSA) is 127 Å². The lowest BCUT2D eigenvalue weighted by Gasteiger charge is -2.07. The Morgan fingerprint density at radius 2 is 2.21 bits per heavy atom. The van der Waals surface area contributed by atoms with Crippen LogP contribution in [0.5, 0.6) is 5.75 Å². The van der Waals surface area contributed by atoms with Crippen molar-refractivity contribution in [3.63, 3.8) is 0 Å². The molecule has 1 heterocycles. The van der Waals surface area contributed by atoms with Gasteiger partial charge in [-0.15, -0.1) is 0 Å². The number of hydrogen-bond acceptors (Lipinski definition) is 7. The molecule has 1 aromatic carbocycles. The molecule has 0 saturated carbocycles. The van der Waals surface area contributed by atoms with Gasteiger partial charge in [0.1, 0.15) is 11.5 Å². The zero-order chi connectivity index (χ0) is 17.7. The summed E-state index contributed by atoms with van der Waals surface area (Å²) in [5, 5.41) is 13.5. The highest BCUT2D eigenvalue weighted by atomic mass is 32.2. The van der Waals surface area contributed by atoms with Crippen molar-refractivity contribution in [1.82, 2.24) is 9.97 Å². The minimum absolute atomic E-state index is 0.0683. The summed E-state index contributed by atoms with van der Waals surface area (Å²) in [7, 11) is 1.31. The third kappa shape index (κ3) is 4.10. The normalized spacial score (nSPS) is 10.2. The minimum atomic E-state index is -0.636. The predicted octanol–water partition coefficient (Wildman–Crippen LogP) is 1.80. The number of nitro groups is 1. The summed E-state index contributed by atoms with van der Waals surface area (Å²) < 4.78 is 4.90. The maximum atomic E-state index is 12.2. The second kappa shape index (κ2) is 7.59. The van der Waals surface area contributed by atoms with E-state index in [0.29, 0.717) is 11.6 Å². The fourth-order valence-corrected chi connectivity index (χ4v) is 2.35. The number of thioether (sulfide) groups is 1. The van der Waals surface area contributed by atoms with Gasteiger partial charge in [-0.25, -0.2) is 4.98 Å². The van der Waals surface area contributed by atoms with Gasteiger partial charge < -0.3 is 15.0 Å². The van der Waals surface area contributed by atoms with Gasteiger partial charge in [0.25, 0.3) is 11.5 Å². The number of nitrogens with one attached hydrogen (secondary N) is 2. The molecule has 10 heteroatoms. The van der Waals surface area contributed by atoms with E-state index in [0.717, 1.165) is 6.07 Å². The van der Waals surface area contributed by atoms with Crippen LogP contribution in [0.3, 0.4) is 0 Å². The molecule has 0 aliphatic rings. The van der Waals surface area contributed by atoms with Crippen LogP contribution < -0.4 is 15.6 Å². The number of amides is 1. The number of methoxy groups -OCH3 is 1. The highest BCUT2D eigenvalue weighted by Gasteiger charge is 2.17. The lowest BCUT2D eigenvalue weighted by atomic mass is 10.2. The number of rotatable bonds is 6. The van der Waals surface area contributed by atoms with Crippen molar-refractivity contribution in [3.05, 3.63) is 56.3 Å². The van der Waals surface area contributed by atoms with Gasteiger partial charge in [0, 0.05) is 17.8 Å². The highest BCUT2D eigenvalue weighted by molar-refractivity contribution is 7.97. The molecule has 2 rings (SSSR count). The fourth-order valence-electron chi connectivity index (χ4n) is 1.94. The first kappa shape index (κ1) is 17.5. The van der Waals surface area contributed by atoms with Gasteiger partial charge in [0.2, 0.25) is 0 Å². The standard InChI is InChI=1S/C14H14N4O5S/c1-23-11-4-3-8(5-10(11)18(21)22)15-14(20)9-6-13(19)17-12(16-9)7-24-2/h3-6H,7H2,1-2H3,(H,15,20)(H,16,17,19). The van der Waals surface area contributed by atoms with Crippen molar-refractivity contribution in [2.45, 2.75) is 5.75 Å². The van der Waals surface area contributed by atoms with Gasteiger partial charge >= 0.3 is 5.69 Å². The number of anilines is 1. The number of ether oxygens (including phenoxy) is 1. The first-order chi connectivity index (χ1) is 11.4. The van der Waals surface area contributed by atoms with Gasteiger partial charge in [-0.1, -0.05) is 0 Å². The Hall–Kier alpha value is -2.88. The fraction of sp³-hybridized carbons (Fsp3) is 0.214. The van der Waals surface area contributed by atoms with Crippen molar-refractivity contribution in [1.29, 1.82) is 0 Å². The molecule has 2 N–H and O–H groups in total. The molecule has 0 aliphatic heterocycles. The van der Waals surface area contributed by atoms with Gasteiger partial charge in [0.05, 0.1) is 17.8 Å². The Morgan fingerprint density at radius 1 is 1.46 bits per heavy atom. The molecule has 0 atom stereocenters. The molecule has 0 spiro atoms. The van der Waals surface area contributed by atoms with Crippen molar-refractivity contribution in [3.8, 4) is 5.75 Å². The summed E-state index contributed by atoms with van der Waals surface area (Å²) in [4.78, 5) is 40.8. The summed E-state index contributed by atoms with van der Waals surface area (Å²) >= 11 is 1.44. The first-order valence-corrected chi connectivity index (χ1v) is 8.07. The number of benzene rings is 1. The number of aromatic amines is 1. The second-order valence-corrected chi connectivity index (χ2v) is 5.47. The smallest absolute Gasteiger partial charge is 0.312 e. The second-order valence-electron chi connectivity index (χ2n) is 4.61. The molecule has 2 aromatic rings. The molecule has 1 amide bonds. The number of H-pyrrole nitrogens is 1. The van der Waals surface area contributed by atoms with Crippen LogP contribution >= 0.6 is 11.8 Å². The number of nitrogens with zero attached hydrogens (tertiary/aromatic N) is 2. The predicted molar refractivity (Wildman–Crippen MR) is 89.7 cm³/mol. The third-order valence-electron chi connectivity index (χ3n) is 2.94. The van der Waals surface area contributed by atoms with Gasteiger partial charge in [-0.2, -0.15) is 11.8 Å². The SMILES string of the molecule is COc1ccc(NC(=O)c2cc(=O)[nH]c(CSC)n2)cc1[N+](=O)[O-]. The maximum Gasteiger partial charge on any atom is 0.312 e.